The molecule has 24 heavy (non-hydrogen) atoms. The molecule has 2 amide bonds. The zero-order chi connectivity index (χ0) is 17.3. The van der Waals surface area contributed by atoms with Crippen LogP contribution in [0.4, 0.5) is 5.69 Å². The third-order valence-electron chi connectivity index (χ3n) is 4.02. The van der Waals surface area contributed by atoms with Crippen LogP contribution >= 0.6 is 0 Å². The SMILES string of the molecule is Cc1cccc(N2C(=O)c3cccnc3C2CC(=O)NC(C)C)c1. The van der Waals surface area contributed by atoms with Crippen LogP contribution in [0.15, 0.2) is 42.6 Å². The van der Waals surface area contributed by atoms with Crippen molar-refractivity contribution in [3.8, 4) is 0 Å². The molecule has 0 fully saturated rings. The zero-order valence-electron chi connectivity index (χ0n) is 14.1. The Balaban J connectivity index is 2.00. The molecule has 5 nitrogen and oxygen atoms in total. The molecule has 0 bridgehead atoms. The van der Waals surface area contributed by atoms with E-state index in [0.717, 1.165) is 11.3 Å². The lowest BCUT2D eigenvalue weighted by Gasteiger charge is -2.25. The Morgan fingerprint density at radius 3 is 2.79 bits per heavy atom. The Labute approximate surface area is 141 Å². The molecular formula is C19H21N3O2. The Morgan fingerprint density at radius 1 is 1.29 bits per heavy atom. The molecule has 1 aliphatic heterocycles. The summed E-state index contributed by atoms with van der Waals surface area (Å²) in [5, 5.41) is 2.89. The molecule has 1 atom stereocenters. The molecular weight excluding hydrogens is 302 g/mol. The summed E-state index contributed by atoms with van der Waals surface area (Å²) in [4.78, 5) is 31.2. The average molecular weight is 323 g/mol. The number of nitrogens with zero attached hydrogens (tertiary/aromatic N) is 2. The number of hydrogen-bond acceptors (Lipinski definition) is 3. The van der Waals surface area contributed by atoms with Crippen molar-refractivity contribution < 1.29 is 9.59 Å². The fourth-order valence-corrected chi connectivity index (χ4v) is 3.08. The lowest BCUT2D eigenvalue weighted by Crippen LogP contribution is -2.35. The quantitative estimate of drug-likeness (QED) is 0.941. The van der Waals surface area contributed by atoms with Crippen LogP contribution in [-0.2, 0) is 4.79 Å². The van der Waals surface area contributed by atoms with Crippen molar-refractivity contribution >= 4 is 17.5 Å². The first-order valence-corrected chi connectivity index (χ1v) is 8.12. The van der Waals surface area contributed by atoms with Gasteiger partial charge in [0.1, 0.15) is 0 Å². The summed E-state index contributed by atoms with van der Waals surface area (Å²) in [5.74, 6) is -0.190. The summed E-state index contributed by atoms with van der Waals surface area (Å²) < 4.78 is 0. The summed E-state index contributed by atoms with van der Waals surface area (Å²) in [7, 11) is 0. The van der Waals surface area contributed by atoms with Gasteiger partial charge in [0.2, 0.25) is 5.91 Å². The lowest BCUT2D eigenvalue weighted by molar-refractivity contribution is -0.121. The Bertz CT molecular complexity index is 786. The summed E-state index contributed by atoms with van der Waals surface area (Å²) in [5.41, 5.74) is 3.10. The van der Waals surface area contributed by atoms with Crippen molar-refractivity contribution in [1.29, 1.82) is 0 Å². The van der Waals surface area contributed by atoms with Gasteiger partial charge in [0.25, 0.3) is 5.91 Å². The van der Waals surface area contributed by atoms with E-state index < -0.39 is 0 Å². The van der Waals surface area contributed by atoms with E-state index in [0.29, 0.717) is 11.3 Å². The van der Waals surface area contributed by atoms with Gasteiger partial charge in [0, 0.05) is 17.9 Å². The molecule has 0 radical (unpaired) electrons. The number of amides is 2. The summed E-state index contributed by atoms with van der Waals surface area (Å²) in [6.45, 7) is 5.82. The van der Waals surface area contributed by atoms with Crippen molar-refractivity contribution in [1.82, 2.24) is 10.3 Å². The van der Waals surface area contributed by atoms with Crippen molar-refractivity contribution in [2.24, 2.45) is 0 Å². The van der Waals surface area contributed by atoms with Crippen LogP contribution in [0.1, 0.15) is 47.9 Å². The molecule has 0 spiro atoms. The van der Waals surface area contributed by atoms with E-state index >= 15 is 0 Å². The topological polar surface area (TPSA) is 62.3 Å². The molecule has 0 saturated carbocycles. The number of pyridine rings is 1. The second-order valence-corrected chi connectivity index (χ2v) is 6.39. The van der Waals surface area contributed by atoms with E-state index in [2.05, 4.69) is 10.3 Å². The molecule has 0 saturated heterocycles. The monoisotopic (exact) mass is 323 g/mol. The molecule has 1 aliphatic rings. The summed E-state index contributed by atoms with van der Waals surface area (Å²) >= 11 is 0. The number of hydrogen-bond donors (Lipinski definition) is 1. The van der Waals surface area contributed by atoms with Gasteiger partial charge in [-0.15, -0.1) is 0 Å². The Kier molecular flexibility index (Phi) is 4.34. The number of carbonyl (C=O) groups is 2. The maximum absolute atomic E-state index is 12.9. The Morgan fingerprint density at radius 2 is 2.08 bits per heavy atom. The second-order valence-electron chi connectivity index (χ2n) is 6.39. The van der Waals surface area contributed by atoms with Gasteiger partial charge in [-0.05, 0) is 50.6 Å². The predicted octanol–water partition coefficient (Wildman–Crippen LogP) is 3.01. The number of nitrogens with one attached hydrogen (secondary N) is 1. The third-order valence-corrected chi connectivity index (χ3v) is 4.02. The Hall–Kier alpha value is -2.69. The van der Waals surface area contributed by atoms with Crippen LogP contribution in [0.3, 0.4) is 0 Å². The van der Waals surface area contributed by atoms with E-state index in [1.807, 2.05) is 45.0 Å². The lowest BCUT2D eigenvalue weighted by atomic mass is 10.1. The van der Waals surface area contributed by atoms with Gasteiger partial charge in [-0.2, -0.15) is 0 Å². The number of rotatable bonds is 4. The molecule has 124 valence electrons. The van der Waals surface area contributed by atoms with Crippen LogP contribution in [0.25, 0.3) is 0 Å². The number of fused-ring (bicyclic) bond motifs is 1. The highest BCUT2D eigenvalue weighted by Gasteiger charge is 2.39. The maximum Gasteiger partial charge on any atom is 0.260 e. The van der Waals surface area contributed by atoms with Crippen molar-refractivity contribution in [2.45, 2.75) is 39.3 Å². The first-order valence-electron chi connectivity index (χ1n) is 8.12. The third kappa shape index (κ3) is 3.02. The number of aromatic nitrogens is 1. The molecule has 1 aromatic carbocycles. The van der Waals surface area contributed by atoms with Crippen LogP contribution in [-0.4, -0.2) is 22.8 Å². The van der Waals surface area contributed by atoms with Gasteiger partial charge in [-0.25, -0.2) is 0 Å². The number of benzene rings is 1. The van der Waals surface area contributed by atoms with E-state index in [4.69, 9.17) is 0 Å². The molecule has 1 N–H and O–H groups in total. The maximum atomic E-state index is 12.9. The zero-order valence-corrected chi connectivity index (χ0v) is 14.1. The number of carbonyl (C=O) groups excluding carboxylic acids is 2. The number of aryl methyl sites for hydroxylation is 1. The van der Waals surface area contributed by atoms with E-state index in [9.17, 15) is 9.59 Å². The highest BCUT2D eigenvalue weighted by molar-refractivity contribution is 6.11. The fraction of sp³-hybridized carbons (Fsp3) is 0.316. The van der Waals surface area contributed by atoms with Crippen LogP contribution in [0, 0.1) is 6.92 Å². The van der Waals surface area contributed by atoms with Crippen molar-refractivity contribution in [3.63, 3.8) is 0 Å². The minimum atomic E-state index is -0.380. The van der Waals surface area contributed by atoms with Crippen LogP contribution in [0.5, 0.6) is 0 Å². The van der Waals surface area contributed by atoms with Gasteiger partial charge in [0.05, 0.1) is 23.7 Å². The first kappa shape index (κ1) is 16.2. The average Bonchev–Trinajstić information content (AvgIpc) is 2.79. The molecule has 1 aromatic heterocycles. The van der Waals surface area contributed by atoms with Gasteiger partial charge in [-0.1, -0.05) is 12.1 Å². The molecule has 0 aliphatic carbocycles. The first-order chi connectivity index (χ1) is 11.5. The molecule has 3 rings (SSSR count). The largest absolute Gasteiger partial charge is 0.354 e. The molecule has 1 unspecified atom stereocenters. The number of anilines is 1. The highest BCUT2D eigenvalue weighted by atomic mass is 16.2. The highest BCUT2D eigenvalue weighted by Crippen LogP contribution is 2.38. The molecule has 2 heterocycles. The van der Waals surface area contributed by atoms with Gasteiger partial charge in [0.15, 0.2) is 0 Å². The van der Waals surface area contributed by atoms with Crippen molar-refractivity contribution in [2.75, 3.05) is 4.90 Å². The van der Waals surface area contributed by atoms with Gasteiger partial charge in [-0.3, -0.25) is 19.5 Å². The van der Waals surface area contributed by atoms with E-state index in [-0.39, 0.29) is 30.3 Å². The minimum Gasteiger partial charge on any atom is -0.354 e. The minimum absolute atomic E-state index is 0.0604. The van der Waals surface area contributed by atoms with Crippen LogP contribution < -0.4 is 10.2 Å². The van der Waals surface area contributed by atoms with Crippen LogP contribution in [0.2, 0.25) is 0 Å². The summed E-state index contributed by atoms with van der Waals surface area (Å²) in [6, 6.07) is 11.0. The van der Waals surface area contributed by atoms with E-state index in [1.54, 1.807) is 23.2 Å². The summed E-state index contributed by atoms with van der Waals surface area (Å²) in [6.07, 6.45) is 1.86. The van der Waals surface area contributed by atoms with E-state index in [1.165, 1.54) is 0 Å². The molecule has 2 aromatic rings. The van der Waals surface area contributed by atoms with Gasteiger partial charge < -0.3 is 5.32 Å². The smallest absolute Gasteiger partial charge is 0.260 e. The van der Waals surface area contributed by atoms with Gasteiger partial charge >= 0.3 is 0 Å². The normalized spacial score (nSPS) is 16.4. The predicted molar refractivity (Wildman–Crippen MR) is 92.9 cm³/mol. The molecule has 5 heteroatoms. The standard InChI is InChI=1S/C19H21N3O2/c1-12(2)21-17(23)11-16-18-15(8-5-9-20-18)19(24)22(16)14-7-4-6-13(3)10-14/h4-10,12,16H,11H2,1-3H3,(H,21,23). The second kappa shape index (κ2) is 6.43. The fourth-order valence-electron chi connectivity index (χ4n) is 3.08. The van der Waals surface area contributed by atoms with Crippen molar-refractivity contribution in [3.05, 3.63) is 59.4 Å².